The van der Waals surface area contributed by atoms with Crippen molar-refractivity contribution in [3.63, 3.8) is 0 Å². The number of fused-ring (bicyclic) bond motifs is 4. The topological polar surface area (TPSA) is 27.7 Å². The van der Waals surface area contributed by atoms with E-state index < -0.39 is 0 Å². The summed E-state index contributed by atoms with van der Waals surface area (Å²) in [6.45, 7) is 2.17. The first-order valence-electron chi connectivity index (χ1n) is 5.78. The molecular formula is C12H16O3. The molecule has 0 radical (unpaired) electrons. The summed E-state index contributed by atoms with van der Waals surface area (Å²) in [5, 5.41) is 0. The molecule has 6 atom stereocenters. The van der Waals surface area contributed by atoms with Gasteiger partial charge in [0.2, 0.25) is 0 Å². The van der Waals surface area contributed by atoms with Gasteiger partial charge < -0.3 is 14.2 Å². The van der Waals surface area contributed by atoms with Gasteiger partial charge in [0.1, 0.15) is 6.79 Å². The molecule has 3 heteroatoms. The average Bonchev–Trinajstić information content (AvgIpc) is 2.80. The van der Waals surface area contributed by atoms with Crippen LogP contribution in [0.25, 0.3) is 0 Å². The molecule has 3 fully saturated rings. The van der Waals surface area contributed by atoms with Crippen LogP contribution in [-0.4, -0.2) is 32.7 Å². The summed E-state index contributed by atoms with van der Waals surface area (Å²) in [6.07, 6.45) is 4.71. The first-order valence-corrected chi connectivity index (χ1v) is 5.78. The Hall–Kier alpha value is -0.380. The van der Waals surface area contributed by atoms with E-state index in [2.05, 4.69) is 12.2 Å². The van der Waals surface area contributed by atoms with Crippen LogP contribution in [0.4, 0.5) is 0 Å². The van der Waals surface area contributed by atoms with Crippen molar-refractivity contribution in [2.24, 2.45) is 29.6 Å². The van der Waals surface area contributed by atoms with Crippen LogP contribution in [0.3, 0.4) is 0 Å². The van der Waals surface area contributed by atoms with Crippen LogP contribution in [0.15, 0.2) is 12.2 Å². The number of methoxy groups -OCH3 is 1. The van der Waals surface area contributed by atoms with Gasteiger partial charge >= 0.3 is 0 Å². The number of rotatable bonds is 1. The zero-order chi connectivity index (χ0) is 10.0. The number of hydrogen-bond donors (Lipinski definition) is 0. The lowest BCUT2D eigenvalue weighted by atomic mass is 9.85. The summed E-state index contributed by atoms with van der Waals surface area (Å²) in [5.74, 6) is 3.20. The maximum Gasteiger partial charge on any atom is 0.146 e. The quantitative estimate of drug-likeness (QED) is 0.603. The van der Waals surface area contributed by atoms with Gasteiger partial charge in [0, 0.05) is 24.9 Å². The minimum atomic E-state index is 0.138. The lowest BCUT2D eigenvalue weighted by molar-refractivity contribution is -0.0478. The van der Waals surface area contributed by atoms with Crippen molar-refractivity contribution in [2.45, 2.75) is 5.60 Å². The van der Waals surface area contributed by atoms with Crippen molar-refractivity contribution < 1.29 is 14.2 Å². The second-order valence-corrected chi connectivity index (χ2v) is 5.21. The van der Waals surface area contributed by atoms with Crippen LogP contribution < -0.4 is 0 Å². The molecule has 4 rings (SSSR count). The van der Waals surface area contributed by atoms with E-state index in [-0.39, 0.29) is 5.60 Å². The predicted octanol–water partition coefficient (Wildman–Crippen LogP) is 1.05. The zero-order valence-corrected chi connectivity index (χ0v) is 8.89. The van der Waals surface area contributed by atoms with Crippen LogP contribution in [0.5, 0.6) is 0 Å². The van der Waals surface area contributed by atoms with Gasteiger partial charge in [0.15, 0.2) is 0 Å². The maximum atomic E-state index is 5.82. The Labute approximate surface area is 89.4 Å². The van der Waals surface area contributed by atoms with Crippen molar-refractivity contribution in [1.29, 1.82) is 0 Å². The molecule has 0 aromatic rings. The fourth-order valence-electron chi connectivity index (χ4n) is 4.44. The average molecular weight is 208 g/mol. The molecular weight excluding hydrogens is 192 g/mol. The summed E-state index contributed by atoms with van der Waals surface area (Å²) in [4.78, 5) is 0. The third kappa shape index (κ3) is 0.811. The van der Waals surface area contributed by atoms with Gasteiger partial charge in [-0.1, -0.05) is 12.2 Å². The van der Waals surface area contributed by atoms with E-state index in [9.17, 15) is 0 Å². The van der Waals surface area contributed by atoms with Crippen LogP contribution in [0, 0.1) is 29.6 Å². The molecule has 15 heavy (non-hydrogen) atoms. The molecule has 0 bridgehead atoms. The molecule has 1 aliphatic heterocycles. The summed E-state index contributed by atoms with van der Waals surface area (Å²) >= 11 is 0. The van der Waals surface area contributed by atoms with E-state index in [0.717, 1.165) is 13.2 Å². The molecule has 3 aliphatic carbocycles. The second-order valence-electron chi connectivity index (χ2n) is 5.21. The Morgan fingerprint density at radius 2 is 1.87 bits per heavy atom. The molecule has 2 saturated carbocycles. The molecule has 1 saturated heterocycles. The molecule has 0 N–H and O–H groups in total. The fraction of sp³-hybridized carbons (Fsp3) is 0.833. The van der Waals surface area contributed by atoms with Crippen LogP contribution >= 0.6 is 0 Å². The first-order chi connectivity index (χ1) is 7.39. The molecule has 1 unspecified atom stereocenters. The summed E-state index contributed by atoms with van der Waals surface area (Å²) in [5.41, 5.74) is 0.138. The Morgan fingerprint density at radius 1 is 1.13 bits per heavy atom. The van der Waals surface area contributed by atoms with Crippen molar-refractivity contribution in [2.75, 3.05) is 27.1 Å². The monoisotopic (exact) mass is 208 g/mol. The van der Waals surface area contributed by atoms with Crippen molar-refractivity contribution in [1.82, 2.24) is 0 Å². The Bertz CT molecular complexity index is 327. The van der Waals surface area contributed by atoms with E-state index in [0.29, 0.717) is 36.4 Å². The molecule has 4 aliphatic rings. The highest BCUT2D eigenvalue weighted by molar-refractivity contribution is 5.38. The van der Waals surface area contributed by atoms with Gasteiger partial charge in [-0.2, -0.15) is 0 Å². The molecule has 1 heterocycles. The van der Waals surface area contributed by atoms with Gasteiger partial charge in [0.25, 0.3) is 0 Å². The molecule has 0 aromatic carbocycles. The summed E-state index contributed by atoms with van der Waals surface area (Å²) in [6, 6.07) is 0. The third-order valence-corrected chi connectivity index (χ3v) is 4.98. The van der Waals surface area contributed by atoms with Gasteiger partial charge in [0.05, 0.1) is 18.8 Å². The van der Waals surface area contributed by atoms with Gasteiger partial charge in [-0.15, -0.1) is 0 Å². The Morgan fingerprint density at radius 3 is 2.67 bits per heavy atom. The predicted molar refractivity (Wildman–Crippen MR) is 53.1 cm³/mol. The van der Waals surface area contributed by atoms with E-state index in [1.54, 1.807) is 0 Å². The second kappa shape index (κ2) is 2.65. The van der Waals surface area contributed by atoms with Crippen molar-refractivity contribution in [3.05, 3.63) is 12.2 Å². The molecule has 82 valence electrons. The van der Waals surface area contributed by atoms with E-state index in [4.69, 9.17) is 14.2 Å². The standard InChI is InChI=1S/C12H16O3/c1-13-12-9-2-3-10(12)11(12)8-5-15-6-14-4-7(8)9/h2-3,7-11H,4-6H2,1H3/t7-,8+,9-,10+,11-,12?/m1/s1. The van der Waals surface area contributed by atoms with Gasteiger partial charge in [-0.3, -0.25) is 0 Å². The first kappa shape index (κ1) is 8.74. The van der Waals surface area contributed by atoms with Crippen molar-refractivity contribution in [3.8, 4) is 0 Å². The van der Waals surface area contributed by atoms with Gasteiger partial charge in [-0.05, 0) is 11.8 Å². The highest BCUT2D eigenvalue weighted by atomic mass is 16.7. The summed E-state index contributed by atoms with van der Waals surface area (Å²) in [7, 11) is 1.86. The smallest absolute Gasteiger partial charge is 0.146 e. The fourth-order valence-corrected chi connectivity index (χ4v) is 4.44. The Kier molecular flexibility index (Phi) is 1.54. The van der Waals surface area contributed by atoms with E-state index in [1.807, 2.05) is 7.11 Å². The lowest BCUT2D eigenvalue weighted by Gasteiger charge is -2.24. The molecule has 3 nitrogen and oxygen atoms in total. The lowest BCUT2D eigenvalue weighted by Crippen LogP contribution is -2.29. The Balaban J connectivity index is 1.72. The zero-order valence-electron chi connectivity index (χ0n) is 8.89. The van der Waals surface area contributed by atoms with Gasteiger partial charge in [-0.25, -0.2) is 0 Å². The molecule has 0 aromatic heterocycles. The largest absolute Gasteiger partial charge is 0.377 e. The van der Waals surface area contributed by atoms with Crippen molar-refractivity contribution >= 4 is 0 Å². The maximum absolute atomic E-state index is 5.82. The van der Waals surface area contributed by atoms with E-state index in [1.165, 1.54) is 0 Å². The highest BCUT2D eigenvalue weighted by Gasteiger charge is 2.79. The summed E-state index contributed by atoms with van der Waals surface area (Å²) < 4.78 is 16.8. The highest BCUT2D eigenvalue weighted by Crippen LogP contribution is 2.74. The van der Waals surface area contributed by atoms with E-state index >= 15 is 0 Å². The number of ether oxygens (including phenoxy) is 3. The molecule has 0 spiro atoms. The minimum absolute atomic E-state index is 0.138. The van der Waals surface area contributed by atoms with Crippen LogP contribution in [-0.2, 0) is 14.2 Å². The minimum Gasteiger partial charge on any atom is -0.377 e. The normalized spacial score (nSPS) is 59.9. The SMILES string of the molecule is COC12[C@@H]3[C@H]4COCOC[C@H]4[C@H]1C=C[C@@H]32. The molecule has 0 amide bonds. The van der Waals surface area contributed by atoms with Crippen LogP contribution in [0.1, 0.15) is 0 Å². The number of hydrogen-bond acceptors (Lipinski definition) is 3. The van der Waals surface area contributed by atoms with Crippen LogP contribution in [0.2, 0.25) is 0 Å². The third-order valence-electron chi connectivity index (χ3n) is 4.98.